The first-order valence-electron chi connectivity index (χ1n) is 12.6. The SMILES string of the molecule is CC(N=C(N=C(N)c1ccccc1)c1cccc2sc3ccc(-c4cccnc4)cc3c12)c1ccccc1. The van der Waals surface area contributed by atoms with Crippen LogP contribution in [0.3, 0.4) is 0 Å². The summed E-state index contributed by atoms with van der Waals surface area (Å²) in [4.78, 5) is 14.4. The van der Waals surface area contributed by atoms with Crippen LogP contribution in [-0.2, 0) is 0 Å². The summed E-state index contributed by atoms with van der Waals surface area (Å²) in [7, 11) is 0. The summed E-state index contributed by atoms with van der Waals surface area (Å²) in [6.07, 6.45) is 3.70. The lowest BCUT2D eigenvalue weighted by Crippen LogP contribution is -2.16. The minimum Gasteiger partial charge on any atom is -0.383 e. The van der Waals surface area contributed by atoms with E-state index in [9.17, 15) is 0 Å². The van der Waals surface area contributed by atoms with Gasteiger partial charge in [0, 0.05) is 49.3 Å². The van der Waals surface area contributed by atoms with E-state index in [1.165, 1.54) is 14.8 Å². The molecule has 0 fully saturated rings. The average Bonchev–Trinajstić information content (AvgIpc) is 3.36. The van der Waals surface area contributed by atoms with Crippen molar-refractivity contribution in [3.63, 3.8) is 0 Å². The van der Waals surface area contributed by atoms with Gasteiger partial charge in [-0.05, 0) is 42.3 Å². The van der Waals surface area contributed by atoms with Crippen LogP contribution in [0.1, 0.15) is 29.7 Å². The first kappa shape index (κ1) is 23.8. The predicted molar refractivity (Wildman–Crippen MR) is 161 cm³/mol. The Labute approximate surface area is 225 Å². The number of aliphatic imine (C=N–C) groups is 2. The standard InChI is InChI=1S/C33H26N4S/c1-22(23-10-4-2-5-11-23)36-33(37-32(34)24-12-6-3-7-13-24)27-15-8-16-30-31(27)28-20-25(17-18-29(28)38-30)26-14-9-19-35-21-26/h2-22H,1H3,(H2,34,36,37). The molecule has 0 aliphatic heterocycles. The van der Waals surface area contributed by atoms with Crippen molar-refractivity contribution in [2.24, 2.45) is 15.7 Å². The van der Waals surface area contributed by atoms with E-state index in [1.54, 1.807) is 17.5 Å². The van der Waals surface area contributed by atoms with Crippen molar-refractivity contribution in [3.8, 4) is 11.1 Å². The predicted octanol–water partition coefficient (Wildman–Crippen LogP) is 8.03. The minimum absolute atomic E-state index is 0.0929. The summed E-state index contributed by atoms with van der Waals surface area (Å²) in [6.45, 7) is 2.09. The summed E-state index contributed by atoms with van der Waals surface area (Å²) in [5.74, 6) is 1.07. The Morgan fingerprint density at radius 3 is 2.34 bits per heavy atom. The molecule has 0 radical (unpaired) electrons. The van der Waals surface area contributed by atoms with Gasteiger partial charge in [-0.2, -0.15) is 0 Å². The molecule has 38 heavy (non-hydrogen) atoms. The van der Waals surface area contributed by atoms with Crippen molar-refractivity contribution in [3.05, 3.63) is 138 Å². The van der Waals surface area contributed by atoms with Gasteiger partial charge in [0.05, 0.1) is 6.04 Å². The van der Waals surface area contributed by atoms with Gasteiger partial charge in [0.25, 0.3) is 0 Å². The first-order valence-corrected chi connectivity index (χ1v) is 13.4. The molecule has 6 aromatic rings. The molecule has 0 bridgehead atoms. The zero-order valence-corrected chi connectivity index (χ0v) is 21.8. The van der Waals surface area contributed by atoms with E-state index >= 15 is 0 Å². The van der Waals surface area contributed by atoms with E-state index in [0.717, 1.165) is 33.2 Å². The summed E-state index contributed by atoms with van der Waals surface area (Å²) >= 11 is 1.78. The fourth-order valence-electron chi connectivity index (χ4n) is 4.66. The highest BCUT2D eigenvalue weighted by Gasteiger charge is 2.16. The van der Waals surface area contributed by atoms with Gasteiger partial charge in [0.15, 0.2) is 5.84 Å². The van der Waals surface area contributed by atoms with Gasteiger partial charge in [0.2, 0.25) is 0 Å². The van der Waals surface area contributed by atoms with Gasteiger partial charge in [-0.1, -0.05) is 84.9 Å². The topological polar surface area (TPSA) is 63.6 Å². The summed E-state index contributed by atoms with van der Waals surface area (Å²) in [5.41, 5.74) is 11.7. The number of thiophene rings is 1. The summed E-state index contributed by atoms with van der Waals surface area (Å²) in [6, 6.07) is 37.0. The molecule has 0 aliphatic carbocycles. The molecule has 1 unspecified atom stereocenters. The van der Waals surface area contributed by atoms with Gasteiger partial charge in [0.1, 0.15) is 5.84 Å². The summed E-state index contributed by atoms with van der Waals surface area (Å²) < 4.78 is 2.41. The lowest BCUT2D eigenvalue weighted by Gasteiger charge is -2.12. The number of benzene rings is 4. The number of amidine groups is 2. The number of rotatable bonds is 5. The van der Waals surface area contributed by atoms with Crippen molar-refractivity contribution in [2.45, 2.75) is 13.0 Å². The lowest BCUT2D eigenvalue weighted by molar-refractivity contribution is 0.819. The largest absolute Gasteiger partial charge is 0.383 e. The number of pyridine rings is 1. The van der Waals surface area contributed by atoms with Gasteiger partial charge in [-0.3, -0.25) is 9.98 Å². The van der Waals surface area contributed by atoms with Crippen LogP contribution < -0.4 is 5.73 Å². The van der Waals surface area contributed by atoms with Crippen LogP contribution in [0, 0.1) is 0 Å². The molecule has 6 rings (SSSR count). The van der Waals surface area contributed by atoms with E-state index in [-0.39, 0.29) is 6.04 Å². The van der Waals surface area contributed by atoms with Crippen molar-refractivity contribution in [1.82, 2.24) is 4.98 Å². The van der Waals surface area contributed by atoms with E-state index < -0.39 is 0 Å². The molecular formula is C33H26N4S. The molecule has 0 aliphatic rings. The van der Waals surface area contributed by atoms with E-state index in [4.69, 9.17) is 15.7 Å². The maximum atomic E-state index is 6.54. The molecule has 0 saturated carbocycles. The fourth-order valence-corrected chi connectivity index (χ4v) is 5.77. The first-order chi connectivity index (χ1) is 18.7. The highest BCUT2D eigenvalue weighted by molar-refractivity contribution is 7.25. The normalized spacial score (nSPS) is 13.2. The molecule has 4 nitrogen and oxygen atoms in total. The third-order valence-corrected chi connectivity index (χ3v) is 7.76. The molecular weight excluding hydrogens is 484 g/mol. The molecule has 2 N–H and O–H groups in total. The average molecular weight is 511 g/mol. The van der Waals surface area contributed by atoms with E-state index in [1.807, 2.05) is 60.8 Å². The molecule has 0 amide bonds. The second kappa shape index (κ2) is 10.4. The number of hydrogen-bond donors (Lipinski definition) is 1. The van der Waals surface area contributed by atoms with Crippen molar-refractivity contribution in [1.29, 1.82) is 0 Å². The summed E-state index contributed by atoms with van der Waals surface area (Å²) in [5, 5.41) is 2.32. The Bertz CT molecular complexity index is 1770. The minimum atomic E-state index is -0.0929. The van der Waals surface area contributed by atoms with E-state index in [2.05, 4.69) is 66.5 Å². The van der Waals surface area contributed by atoms with Crippen LogP contribution in [0.2, 0.25) is 0 Å². The van der Waals surface area contributed by atoms with Crippen molar-refractivity contribution >= 4 is 43.2 Å². The Morgan fingerprint density at radius 2 is 1.58 bits per heavy atom. The monoisotopic (exact) mass is 510 g/mol. The molecule has 1 atom stereocenters. The molecule has 4 aromatic carbocycles. The van der Waals surface area contributed by atoms with Crippen LogP contribution in [0.5, 0.6) is 0 Å². The molecule has 184 valence electrons. The van der Waals surface area contributed by atoms with Crippen LogP contribution >= 0.6 is 11.3 Å². The number of aromatic nitrogens is 1. The fraction of sp³-hybridized carbons (Fsp3) is 0.0606. The highest BCUT2D eigenvalue weighted by Crippen LogP contribution is 2.38. The van der Waals surface area contributed by atoms with Gasteiger partial charge >= 0.3 is 0 Å². The van der Waals surface area contributed by atoms with Gasteiger partial charge in [-0.15, -0.1) is 11.3 Å². The maximum Gasteiger partial charge on any atom is 0.158 e. The lowest BCUT2D eigenvalue weighted by atomic mass is 10.0. The van der Waals surface area contributed by atoms with E-state index in [0.29, 0.717) is 11.7 Å². The Morgan fingerprint density at radius 1 is 0.789 bits per heavy atom. The Hall–Kier alpha value is -4.61. The van der Waals surface area contributed by atoms with Gasteiger partial charge < -0.3 is 5.73 Å². The number of nitrogens with two attached hydrogens (primary N) is 1. The number of fused-ring (bicyclic) bond motifs is 3. The molecule has 2 heterocycles. The van der Waals surface area contributed by atoms with Crippen LogP contribution in [0.25, 0.3) is 31.3 Å². The zero-order valence-electron chi connectivity index (χ0n) is 21.0. The second-order valence-corrected chi connectivity index (χ2v) is 10.2. The molecule has 5 heteroatoms. The third-order valence-electron chi connectivity index (χ3n) is 6.62. The van der Waals surface area contributed by atoms with Crippen LogP contribution in [0.4, 0.5) is 0 Å². The Balaban J connectivity index is 1.57. The van der Waals surface area contributed by atoms with Crippen molar-refractivity contribution < 1.29 is 0 Å². The smallest absolute Gasteiger partial charge is 0.158 e. The highest BCUT2D eigenvalue weighted by atomic mass is 32.1. The molecule has 0 spiro atoms. The number of nitrogens with zero attached hydrogens (tertiary/aromatic N) is 3. The second-order valence-electron chi connectivity index (χ2n) is 9.14. The van der Waals surface area contributed by atoms with Gasteiger partial charge in [-0.25, -0.2) is 4.99 Å². The molecule has 0 saturated heterocycles. The quantitative estimate of drug-likeness (QED) is 0.188. The van der Waals surface area contributed by atoms with Crippen molar-refractivity contribution in [2.75, 3.05) is 0 Å². The zero-order chi connectivity index (χ0) is 25.9. The third kappa shape index (κ3) is 4.72. The van der Waals surface area contributed by atoms with Crippen LogP contribution in [-0.4, -0.2) is 16.7 Å². The Kier molecular flexibility index (Phi) is 6.51. The molecule has 2 aromatic heterocycles. The number of hydrogen-bond acceptors (Lipinski definition) is 3. The maximum absolute atomic E-state index is 6.54. The van der Waals surface area contributed by atoms with Crippen LogP contribution in [0.15, 0.2) is 132 Å².